The molecule has 5 nitrogen and oxygen atoms in total. The maximum Gasteiger partial charge on any atom is 0.254 e. The van der Waals surface area contributed by atoms with E-state index in [2.05, 4.69) is 5.32 Å². The van der Waals surface area contributed by atoms with E-state index in [-0.39, 0.29) is 23.7 Å². The third-order valence-electron chi connectivity index (χ3n) is 6.67. The molecule has 0 saturated heterocycles. The lowest BCUT2D eigenvalue weighted by atomic mass is 9.79. The second-order valence-electron chi connectivity index (χ2n) is 8.75. The molecule has 0 radical (unpaired) electrons. The number of methoxy groups -OCH3 is 1. The Hall–Kier alpha value is -2.73. The van der Waals surface area contributed by atoms with Gasteiger partial charge >= 0.3 is 0 Å². The van der Waals surface area contributed by atoms with Gasteiger partial charge in [0.1, 0.15) is 5.82 Å². The summed E-state index contributed by atoms with van der Waals surface area (Å²) in [6, 6.07) is 13.1. The SMILES string of the molecule is COCCN1C(=O)c2ccccc2C(C(=O)NC2CCCCCC2)C1c1ccc(F)cc1. The topological polar surface area (TPSA) is 58.6 Å². The molecular weight excluding hydrogens is 407 g/mol. The van der Waals surface area contributed by atoms with E-state index in [1.165, 1.54) is 25.0 Å². The number of rotatable bonds is 6. The first-order valence-electron chi connectivity index (χ1n) is 11.5. The van der Waals surface area contributed by atoms with Crippen LogP contribution in [0.4, 0.5) is 4.39 Å². The maximum atomic E-state index is 13.8. The van der Waals surface area contributed by atoms with Gasteiger partial charge in [-0.25, -0.2) is 4.39 Å². The molecule has 2 aromatic rings. The highest BCUT2D eigenvalue weighted by Gasteiger charge is 2.44. The number of ether oxygens (including phenoxy) is 1. The predicted octanol–water partition coefficient (Wildman–Crippen LogP) is 4.59. The van der Waals surface area contributed by atoms with Gasteiger partial charge in [0.15, 0.2) is 0 Å². The van der Waals surface area contributed by atoms with Crippen molar-refractivity contribution in [2.24, 2.45) is 0 Å². The fourth-order valence-corrected chi connectivity index (χ4v) is 5.06. The molecule has 2 amide bonds. The zero-order valence-electron chi connectivity index (χ0n) is 18.6. The van der Waals surface area contributed by atoms with E-state index >= 15 is 0 Å². The lowest BCUT2D eigenvalue weighted by molar-refractivity contribution is -0.125. The number of halogens is 1. The molecule has 1 aliphatic carbocycles. The van der Waals surface area contributed by atoms with Crippen LogP contribution in [-0.2, 0) is 9.53 Å². The Bertz CT molecular complexity index is 938. The molecule has 170 valence electrons. The maximum absolute atomic E-state index is 13.8. The van der Waals surface area contributed by atoms with Crippen LogP contribution in [-0.4, -0.2) is 43.0 Å². The largest absolute Gasteiger partial charge is 0.383 e. The Balaban J connectivity index is 1.75. The summed E-state index contributed by atoms with van der Waals surface area (Å²) in [6.45, 7) is 0.696. The quantitative estimate of drug-likeness (QED) is 0.671. The second kappa shape index (κ2) is 10.3. The lowest BCUT2D eigenvalue weighted by Gasteiger charge is -2.42. The number of hydrogen-bond donors (Lipinski definition) is 1. The first-order chi connectivity index (χ1) is 15.6. The standard InChI is InChI=1S/C26H31FN2O3/c1-32-17-16-29-24(18-12-14-19(27)15-13-18)23(21-10-6-7-11-22(21)26(29)31)25(30)28-20-8-4-2-3-5-9-20/h6-7,10-15,20,23-24H,2-5,8-9,16-17H2,1H3,(H,28,30). The van der Waals surface area contributed by atoms with Gasteiger partial charge in [0, 0.05) is 25.3 Å². The highest BCUT2D eigenvalue weighted by atomic mass is 19.1. The van der Waals surface area contributed by atoms with Gasteiger partial charge in [0.25, 0.3) is 5.91 Å². The summed E-state index contributed by atoms with van der Waals surface area (Å²) in [4.78, 5) is 28.9. The molecule has 0 spiro atoms. The van der Waals surface area contributed by atoms with Crippen LogP contribution in [0, 0.1) is 5.82 Å². The second-order valence-corrected chi connectivity index (χ2v) is 8.75. The zero-order chi connectivity index (χ0) is 22.5. The Morgan fingerprint density at radius 2 is 1.75 bits per heavy atom. The molecule has 4 rings (SSSR count). The van der Waals surface area contributed by atoms with Gasteiger partial charge in [-0.1, -0.05) is 56.0 Å². The summed E-state index contributed by atoms with van der Waals surface area (Å²) in [5.41, 5.74) is 2.01. The molecule has 0 aromatic heterocycles. The van der Waals surface area contributed by atoms with Crippen LogP contribution in [0.25, 0.3) is 0 Å². The van der Waals surface area contributed by atoms with Crippen molar-refractivity contribution in [3.8, 4) is 0 Å². The third kappa shape index (κ3) is 4.70. The molecule has 6 heteroatoms. The number of fused-ring (bicyclic) bond motifs is 1. The van der Waals surface area contributed by atoms with Crippen molar-refractivity contribution in [2.75, 3.05) is 20.3 Å². The Morgan fingerprint density at radius 3 is 2.44 bits per heavy atom. The molecule has 2 atom stereocenters. The average Bonchev–Trinajstić information content (AvgIpc) is 3.07. The molecular formula is C26H31FN2O3. The van der Waals surface area contributed by atoms with Gasteiger partial charge in [0.2, 0.25) is 5.91 Å². The van der Waals surface area contributed by atoms with Crippen LogP contribution in [0.5, 0.6) is 0 Å². The molecule has 0 bridgehead atoms. The summed E-state index contributed by atoms with van der Waals surface area (Å²) in [6.07, 6.45) is 6.60. The molecule has 1 N–H and O–H groups in total. The number of benzene rings is 2. The van der Waals surface area contributed by atoms with Crippen LogP contribution in [0.1, 0.15) is 72.0 Å². The van der Waals surface area contributed by atoms with Crippen molar-refractivity contribution in [1.29, 1.82) is 0 Å². The highest BCUT2D eigenvalue weighted by Crippen LogP contribution is 2.43. The summed E-state index contributed by atoms with van der Waals surface area (Å²) in [7, 11) is 1.59. The van der Waals surface area contributed by atoms with Crippen LogP contribution in [0.3, 0.4) is 0 Å². The van der Waals surface area contributed by atoms with Gasteiger partial charge in [-0.05, 0) is 42.2 Å². The van der Waals surface area contributed by atoms with Crippen molar-refractivity contribution in [2.45, 2.75) is 56.5 Å². The Labute approximate surface area is 188 Å². The minimum Gasteiger partial charge on any atom is -0.383 e. The highest BCUT2D eigenvalue weighted by molar-refractivity contribution is 6.01. The Morgan fingerprint density at radius 1 is 1.06 bits per heavy atom. The predicted molar refractivity (Wildman–Crippen MR) is 121 cm³/mol. The first kappa shape index (κ1) is 22.5. The number of carbonyl (C=O) groups is 2. The van der Waals surface area contributed by atoms with Gasteiger partial charge in [-0.15, -0.1) is 0 Å². The normalized spacial score (nSPS) is 21.7. The van der Waals surface area contributed by atoms with Crippen molar-refractivity contribution >= 4 is 11.8 Å². The van der Waals surface area contributed by atoms with Crippen molar-refractivity contribution in [3.63, 3.8) is 0 Å². The fraction of sp³-hybridized carbons (Fsp3) is 0.462. The smallest absolute Gasteiger partial charge is 0.254 e. The minimum atomic E-state index is -0.575. The van der Waals surface area contributed by atoms with Crippen LogP contribution in [0.15, 0.2) is 48.5 Å². The van der Waals surface area contributed by atoms with Crippen molar-refractivity contribution < 1.29 is 18.7 Å². The summed E-state index contributed by atoms with van der Waals surface area (Å²) in [5.74, 6) is -1.13. The van der Waals surface area contributed by atoms with Crippen LogP contribution >= 0.6 is 0 Å². The van der Waals surface area contributed by atoms with Crippen LogP contribution in [0.2, 0.25) is 0 Å². The number of carbonyl (C=O) groups excluding carboxylic acids is 2. The zero-order valence-corrected chi connectivity index (χ0v) is 18.6. The van der Waals surface area contributed by atoms with Crippen molar-refractivity contribution in [1.82, 2.24) is 10.2 Å². The Kier molecular flexibility index (Phi) is 7.20. The molecule has 2 unspecified atom stereocenters. The van der Waals surface area contributed by atoms with E-state index in [0.29, 0.717) is 18.7 Å². The van der Waals surface area contributed by atoms with Gasteiger partial charge in [0.05, 0.1) is 18.6 Å². The van der Waals surface area contributed by atoms with Gasteiger partial charge in [-0.2, -0.15) is 0 Å². The van der Waals surface area contributed by atoms with E-state index in [0.717, 1.165) is 36.8 Å². The summed E-state index contributed by atoms with van der Waals surface area (Å²) >= 11 is 0. The fourth-order valence-electron chi connectivity index (χ4n) is 5.06. The van der Waals surface area contributed by atoms with Gasteiger partial charge < -0.3 is 15.0 Å². The molecule has 2 aromatic carbocycles. The molecule has 32 heavy (non-hydrogen) atoms. The number of nitrogens with zero attached hydrogens (tertiary/aromatic N) is 1. The molecule has 1 saturated carbocycles. The van der Waals surface area contributed by atoms with E-state index in [1.54, 1.807) is 30.2 Å². The monoisotopic (exact) mass is 438 g/mol. The number of nitrogens with one attached hydrogen (secondary N) is 1. The lowest BCUT2D eigenvalue weighted by Crippen LogP contribution is -2.49. The summed E-state index contributed by atoms with van der Waals surface area (Å²) in [5, 5.41) is 3.29. The third-order valence-corrected chi connectivity index (χ3v) is 6.67. The van der Waals surface area contributed by atoms with Gasteiger partial charge in [-0.3, -0.25) is 9.59 Å². The van der Waals surface area contributed by atoms with E-state index < -0.39 is 12.0 Å². The minimum absolute atomic E-state index is 0.0754. The average molecular weight is 439 g/mol. The first-order valence-corrected chi connectivity index (χ1v) is 11.5. The number of hydrogen-bond acceptors (Lipinski definition) is 3. The van der Waals surface area contributed by atoms with E-state index in [9.17, 15) is 14.0 Å². The van der Waals surface area contributed by atoms with Crippen LogP contribution < -0.4 is 5.32 Å². The van der Waals surface area contributed by atoms with E-state index in [1.807, 2.05) is 18.2 Å². The summed E-state index contributed by atoms with van der Waals surface area (Å²) < 4.78 is 19.0. The molecule has 2 aliphatic rings. The molecule has 1 heterocycles. The van der Waals surface area contributed by atoms with E-state index in [4.69, 9.17) is 4.74 Å². The van der Waals surface area contributed by atoms with Crippen molar-refractivity contribution in [3.05, 3.63) is 71.0 Å². The molecule has 1 aliphatic heterocycles. The number of amides is 2. The molecule has 1 fully saturated rings.